The SMILES string of the molecule is COCc1cc(C(=O)N(C)C(C)CCl)no1. The van der Waals surface area contributed by atoms with Gasteiger partial charge < -0.3 is 14.2 Å². The fraction of sp³-hybridized carbons (Fsp3) is 0.600. The highest BCUT2D eigenvalue weighted by atomic mass is 35.5. The molecule has 0 aliphatic carbocycles. The molecule has 0 radical (unpaired) electrons. The molecule has 0 aliphatic rings. The highest BCUT2D eigenvalue weighted by Crippen LogP contribution is 2.09. The number of methoxy groups -OCH3 is 1. The van der Waals surface area contributed by atoms with Crippen molar-refractivity contribution < 1.29 is 14.1 Å². The summed E-state index contributed by atoms with van der Waals surface area (Å²) in [7, 11) is 3.23. The van der Waals surface area contributed by atoms with Crippen LogP contribution in [-0.4, -0.2) is 42.0 Å². The Morgan fingerprint density at radius 2 is 2.44 bits per heavy atom. The molecule has 16 heavy (non-hydrogen) atoms. The van der Waals surface area contributed by atoms with Crippen molar-refractivity contribution in [2.45, 2.75) is 19.6 Å². The lowest BCUT2D eigenvalue weighted by Gasteiger charge is -2.21. The molecule has 1 amide bonds. The molecule has 1 rings (SSSR count). The molecule has 0 aliphatic heterocycles. The third-order valence-electron chi connectivity index (χ3n) is 2.27. The van der Waals surface area contributed by atoms with Gasteiger partial charge in [0.25, 0.3) is 5.91 Å². The zero-order valence-corrected chi connectivity index (χ0v) is 10.3. The second-order valence-corrected chi connectivity index (χ2v) is 3.84. The molecule has 1 unspecified atom stereocenters. The lowest BCUT2D eigenvalue weighted by atomic mass is 10.3. The molecule has 1 atom stereocenters. The van der Waals surface area contributed by atoms with Crippen LogP contribution in [0.1, 0.15) is 23.2 Å². The van der Waals surface area contributed by atoms with Crippen molar-refractivity contribution in [1.82, 2.24) is 10.1 Å². The van der Waals surface area contributed by atoms with Crippen molar-refractivity contribution >= 4 is 17.5 Å². The van der Waals surface area contributed by atoms with Gasteiger partial charge in [0.05, 0.1) is 0 Å². The van der Waals surface area contributed by atoms with Crippen LogP contribution in [0.5, 0.6) is 0 Å². The summed E-state index contributed by atoms with van der Waals surface area (Å²) in [5, 5.41) is 3.68. The smallest absolute Gasteiger partial charge is 0.276 e. The molecule has 90 valence electrons. The molecule has 0 bridgehead atoms. The summed E-state index contributed by atoms with van der Waals surface area (Å²) in [5.74, 6) is 0.697. The Balaban J connectivity index is 2.72. The fourth-order valence-corrected chi connectivity index (χ4v) is 1.32. The Hall–Kier alpha value is -1.07. The Kier molecular flexibility index (Phi) is 4.76. The first-order valence-corrected chi connectivity index (χ1v) is 5.41. The molecule has 0 saturated carbocycles. The number of ether oxygens (including phenoxy) is 1. The van der Waals surface area contributed by atoms with E-state index in [4.69, 9.17) is 20.9 Å². The van der Waals surface area contributed by atoms with Gasteiger partial charge in [0.2, 0.25) is 0 Å². The van der Waals surface area contributed by atoms with Crippen LogP contribution in [0.2, 0.25) is 0 Å². The summed E-state index contributed by atoms with van der Waals surface area (Å²) in [5.41, 5.74) is 0.270. The number of alkyl halides is 1. The van der Waals surface area contributed by atoms with Crippen LogP contribution >= 0.6 is 11.6 Å². The van der Waals surface area contributed by atoms with Gasteiger partial charge in [0.1, 0.15) is 6.61 Å². The quantitative estimate of drug-likeness (QED) is 0.740. The topological polar surface area (TPSA) is 55.6 Å². The lowest BCUT2D eigenvalue weighted by Crippen LogP contribution is -2.36. The first-order chi connectivity index (χ1) is 7.60. The first-order valence-electron chi connectivity index (χ1n) is 4.87. The summed E-state index contributed by atoms with van der Waals surface area (Å²) in [6.45, 7) is 2.16. The van der Waals surface area contributed by atoms with E-state index in [1.165, 1.54) is 4.90 Å². The summed E-state index contributed by atoms with van der Waals surface area (Å²) in [4.78, 5) is 13.4. The molecule has 1 heterocycles. The zero-order chi connectivity index (χ0) is 12.1. The number of nitrogens with zero attached hydrogens (tertiary/aromatic N) is 2. The molecule has 1 aromatic rings. The minimum absolute atomic E-state index is 0.0447. The van der Waals surface area contributed by atoms with Crippen molar-refractivity contribution in [3.8, 4) is 0 Å². The van der Waals surface area contributed by atoms with Crippen LogP contribution in [0.25, 0.3) is 0 Å². The van der Waals surface area contributed by atoms with E-state index in [-0.39, 0.29) is 17.6 Å². The van der Waals surface area contributed by atoms with E-state index in [9.17, 15) is 4.79 Å². The molecular formula is C10H15ClN2O3. The van der Waals surface area contributed by atoms with Gasteiger partial charge in [-0.1, -0.05) is 5.16 Å². The maximum atomic E-state index is 11.9. The highest BCUT2D eigenvalue weighted by molar-refractivity contribution is 6.18. The largest absolute Gasteiger partial charge is 0.377 e. The van der Waals surface area contributed by atoms with Crippen LogP contribution in [0.3, 0.4) is 0 Å². The third kappa shape index (κ3) is 2.96. The van der Waals surface area contributed by atoms with E-state index < -0.39 is 0 Å². The number of rotatable bonds is 5. The average Bonchev–Trinajstić information content (AvgIpc) is 2.75. The van der Waals surface area contributed by atoms with Gasteiger partial charge in [-0.2, -0.15) is 0 Å². The Morgan fingerprint density at radius 3 is 3.00 bits per heavy atom. The normalized spacial score (nSPS) is 12.5. The van der Waals surface area contributed by atoms with E-state index in [1.807, 2.05) is 6.92 Å². The van der Waals surface area contributed by atoms with Gasteiger partial charge in [0.15, 0.2) is 11.5 Å². The Bertz CT molecular complexity index is 354. The zero-order valence-electron chi connectivity index (χ0n) is 9.57. The summed E-state index contributed by atoms with van der Waals surface area (Å²) in [6.07, 6.45) is 0. The van der Waals surface area contributed by atoms with Gasteiger partial charge in [-0.05, 0) is 6.92 Å². The number of carbonyl (C=O) groups excluding carboxylic acids is 1. The van der Waals surface area contributed by atoms with E-state index >= 15 is 0 Å². The van der Waals surface area contributed by atoms with Crippen LogP contribution in [0, 0.1) is 0 Å². The molecule has 5 nitrogen and oxygen atoms in total. The molecule has 1 aromatic heterocycles. The van der Waals surface area contributed by atoms with Crippen LogP contribution in [0.15, 0.2) is 10.6 Å². The van der Waals surface area contributed by atoms with Crippen molar-refractivity contribution in [2.24, 2.45) is 0 Å². The monoisotopic (exact) mass is 246 g/mol. The molecule has 0 spiro atoms. The van der Waals surface area contributed by atoms with Crippen molar-refractivity contribution in [2.75, 3.05) is 20.0 Å². The number of amides is 1. The maximum absolute atomic E-state index is 11.9. The fourth-order valence-electron chi connectivity index (χ4n) is 1.11. The number of aromatic nitrogens is 1. The van der Waals surface area contributed by atoms with Crippen LogP contribution in [-0.2, 0) is 11.3 Å². The van der Waals surface area contributed by atoms with Crippen molar-refractivity contribution in [1.29, 1.82) is 0 Å². The van der Waals surface area contributed by atoms with Crippen LogP contribution < -0.4 is 0 Å². The summed E-state index contributed by atoms with van der Waals surface area (Å²) in [6, 6.07) is 1.53. The van der Waals surface area contributed by atoms with E-state index in [1.54, 1.807) is 20.2 Å². The number of halogens is 1. The minimum Gasteiger partial charge on any atom is -0.377 e. The van der Waals surface area contributed by atoms with Gasteiger partial charge >= 0.3 is 0 Å². The standard InChI is InChI=1S/C10H15ClN2O3/c1-7(5-11)13(2)10(14)9-4-8(6-15-3)16-12-9/h4,7H,5-6H2,1-3H3. The highest BCUT2D eigenvalue weighted by Gasteiger charge is 2.20. The molecule has 0 fully saturated rings. The predicted molar refractivity (Wildman–Crippen MR) is 59.5 cm³/mol. The van der Waals surface area contributed by atoms with Gasteiger partial charge in [-0.25, -0.2) is 0 Å². The molecule has 0 saturated heterocycles. The maximum Gasteiger partial charge on any atom is 0.276 e. The Labute approximate surface area is 99.3 Å². The first kappa shape index (κ1) is 13.0. The summed E-state index contributed by atoms with van der Waals surface area (Å²) < 4.78 is 9.80. The predicted octanol–water partition coefficient (Wildman–Crippen LogP) is 1.52. The number of hydrogen-bond donors (Lipinski definition) is 0. The molecule has 0 N–H and O–H groups in total. The number of hydrogen-bond acceptors (Lipinski definition) is 4. The van der Waals surface area contributed by atoms with E-state index in [0.717, 1.165) is 0 Å². The molecule has 0 aromatic carbocycles. The second kappa shape index (κ2) is 5.86. The third-order valence-corrected chi connectivity index (χ3v) is 2.72. The van der Waals surface area contributed by atoms with Crippen molar-refractivity contribution in [3.63, 3.8) is 0 Å². The van der Waals surface area contributed by atoms with Gasteiger partial charge in [-0.3, -0.25) is 4.79 Å². The Morgan fingerprint density at radius 1 is 1.75 bits per heavy atom. The van der Waals surface area contributed by atoms with Crippen molar-refractivity contribution in [3.05, 3.63) is 17.5 Å². The number of carbonyl (C=O) groups is 1. The minimum atomic E-state index is -0.209. The van der Waals surface area contributed by atoms with Gasteiger partial charge in [0, 0.05) is 32.1 Å². The van der Waals surface area contributed by atoms with E-state index in [2.05, 4.69) is 5.16 Å². The average molecular weight is 247 g/mol. The lowest BCUT2D eigenvalue weighted by molar-refractivity contribution is 0.0745. The summed E-state index contributed by atoms with van der Waals surface area (Å²) >= 11 is 5.68. The van der Waals surface area contributed by atoms with E-state index in [0.29, 0.717) is 18.2 Å². The molecule has 6 heteroatoms. The van der Waals surface area contributed by atoms with Gasteiger partial charge in [-0.15, -0.1) is 11.6 Å². The van der Waals surface area contributed by atoms with Crippen LogP contribution in [0.4, 0.5) is 0 Å². The second-order valence-electron chi connectivity index (χ2n) is 3.53. The molecular weight excluding hydrogens is 232 g/mol.